The molecule has 1 aliphatic rings. The molecule has 1 aliphatic heterocycles. The molecule has 0 amide bonds. The van der Waals surface area contributed by atoms with Crippen molar-refractivity contribution >= 4 is 16.1 Å². The maximum Gasteiger partial charge on any atom is 0.694 e. The van der Waals surface area contributed by atoms with Crippen LogP contribution in [0.5, 0.6) is 0 Å². The van der Waals surface area contributed by atoms with Crippen LogP contribution in [-0.2, 0) is 36.7 Å². The number of nitrogens with one attached hydrogen (secondary N) is 1. The van der Waals surface area contributed by atoms with Crippen molar-refractivity contribution in [1.82, 2.24) is 9.55 Å². The Hall–Kier alpha value is -1.31. The third-order valence-corrected chi connectivity index (χ3v) is 6.14. The van der Waals surface area contributed by atoms with Crippen molar-refractivity contribution in [2.75, 3.05) is 40.6 Å². The van der Waals surface area contributed by atoms with E-state index >= 15 is 0 Å². The molecule has 4 atom stereocenters. The maximum atomic E-state index is 11.7. The zero-order chi connectivity index (χ0) is 27.0. The van der Waals surface area contributed by atoms with Gasteiger partial charge in [0, 0.05) is 50.2 Å². The lowest BCUT2D eigenvalue weighted by Gasteiger charge is -2.14. The standard InChI is InChI=1S/C10H13N2O7P.C5H12O.C4H11O4P/c1-5-3-12(10(15)11-9(5)14)8-2-6(13)7(19-8)4-18-20(16)17;1-3-5-6-4-2;1-4-8-9(5,6-2)7-3/h3,6-8,13H,2,4H2,1H3,(H-,11,14,15,16,17);3-5H2,1-2H3;4H2,1-3H3/p+1. The average Bonchev–Trinajstić information content (AvgIpc) is 3.19. The van der Waals surface area contributed by atoms with Gasteiger partial charge in [-0.2, -0.15) is 0 Å². The van der Waals surface area contributed by atoms with Gasteiger partial charge in [0.2, 0.25) is 0 Å². The Morgan fingerprint density at radius 3 is 2.29 bits per heavy atom. The van der Waals surface area contributed by atoms with Crippen LogP contribution in [0.3, 0.4) is 0 Å². The molecule has 0 saturated carbocycles. The van der Waals surface area contributed by atoms with Crippen LogP contribution in [0.2, 0.25) is 0 Å². The van der Waals surface area contributed by atoms with Gasteiger partial charge in [-0.25, -0.2) is 9.36 Å². The van der Waals surface area contributed by atoms with Crippen molar-refractivity contribution < 1.29 is 46.7 Å². The average molecular weight is 547 g/mol. The summed E-state index contributed by atoms with van der Waals surface area (Å²) in [6.07, 6.45) is 0.0709. The second kappa shape index (κ2) is 18.0. The lowest BCUT2D eigenvalue weighted by atomic mass is 10.2. The van der Waals surface area contributed by atoms with Crippen LogP contribution in [0.25, 0.3) is 0 Å². The summed E-state index contributed by atoms with van der Waals surface area (Å²) >= 11 is 0. The van der Waals surface area contributed by atoms with Gasteiger partial charge in [-0.3, -0.25) is 27.9 Å². The number of aliphatic hydroxyl groups is 1. The quantitative estimate of drug-likeness (QED) is 0.271. The molecule has 1 aromatic heterocycles. The first-order chi connectivity index (χ1) is 16.5. The van der Waals surface area contributed by atoms with Gasteiger partial charge in [-0.05, 0) is 27.2 Å². The fraction of sp³-hybridized carbons (Fsp3) is 0.789. The second-order valence-corrected chi connectivity index (χ2v) is 9.49. The summed E-state index contributed by atoms with van der Waals surface area (Å²) < 4.78 is 50.9. The third-order valence-electron chi connectivity index (χ3n) is 4.30. The summed E-state index contributed by atoms with van der Waals surface area (Å²) in [7, 11) is -3.40. The molecule has 0 radical (unpaired) electrons. The molecular weight excluding hydrogens is 510 g/mol. The van der Waals surface area contributed by atoms with E-state index in [0.717, 1.165) is 19.6 Å². The van der Waals surface area contributed by atoms with Crippen molar-refractivity contribution in [1.29, 1.82) is 0 Å². The molecule has 3 N–H and O–H groups in total. The van der Waals surface area contributed by atoms with E-state index in [1.165, 1.54) is 31.9 Å². The first-order valence-electron chi connectivity index (χ1n) is 10.9. The molecule has 4 unspecified atom stereocenters. The lowest BCUT2D eigenvalue weighted by Crippen LogP contribution is -2.33. The molecule has 204 valence electrons. The highest BCUT2D eigenvalue weighted by Gasteiger charge is 2.37. The van der Waals surface area contributed by atoms with Crippen LogP contribution in [0.15, 0.2) is 15.8 Å². The largest absolute Gasteiger partial charge is 0.694 e. The summed E-state index contributed by atoms with van der Waals surface area (Å²) in [4.78, 5) is 33.6. The highest BCUT2D eigenvalue weighted by atomic mass is 31.2. The highest BCUT2D eigenvalue weighted by molar-refractivity contribution is 7.48. The fourth-order valence-corrected chi connectivity index (χ4v) is 3.55. The minimum absolute atomic E-state index is 0.113. The number of aryl methyl sites for hydroxylation is 1. The van der Waals surface area contributed by atoms with Crippen LogP contribution in [0.4, 0.5) is 0 Å². The van der Waals surface area contributed by atoms with E-state index in [4.69, 9.17) is 14.4 Å². The van der Waals surface area contributed by atoms with Crippen molar-refractivity contribution in [2.45, 2.75) is 59.0 Å². The van der Waals surface area contributed by atoms with E-state index in [2.05, 4.69) is 30.0 Å². The number of ether oxygens (including phenoxy) is 2. The Bertz CT molecular complexity index is 895. The number of rotatable bonds is 11. The van der Waals surface area contributed by atoms with Crippen molar-refractivity contribution in [2.24, 2.45) is 0 Å². The Balaban J connectivity index is 0.000000639. The van der Waals surface area contributed by atoms with Crippen LogP contribution in [0.1, 0.15) is 45.4 Å². The summed E-state index contributed by atoms with van der Waals surface area (Å²) in [5.41, 5.74) is -0.796. The molecule has 0 spiro atoms. The minimum Gasteiger partial charge on any atom is -0.390 e. The predicted octanol–water partition coefficient (Wildman–Crippen LogP) is 2.02. The number of aromatic amines is 1. The summed E-state index contributed by atoms with van der Waals surface area (Å²) in [5, 5.41) is 9.78. The molecule has 1 aromatic rings. The molecule has 1 saturated heterocycles. The van der Waals surface area contributed by atoms with Gasteiger partial charge in [-0.15, -0.1) is 9.42 Å². The van der Waals surface area contributed by atoms with Gasteiger partial charge in [0.25, 0.3) is 5.56 Å². The van der Waals surface area contributed by atoms with E-state index in [9.17, 15) is 23.8 Å². The van der Waals surface area contributed by atoms with E-state index < -0.39 is 45.8 Å². The van der Waals surface area contributed by atoms with E-state index in [0.29, 0.717) is 12.2 Å². The molecule has 1 fully saturated rings. The Morgan fingerprint density at radius 1 is 1.23 bits per heavy atom. The Labute approximate surface area is 205 Å². The van der Waals surface area contributed by atoms with Crippen LogP contribution >= 0.6 is 16.1 Å². The molecule has 35 heavy (non-hydrogen) atoms. The van der Waals surface area contributed by atoms with E-state index in [-0.39, 0.29) is 13.0 Å². The van der Waals surface area contributed by atoms with Gasteiger partial charge >= 0.3 is 21.8 Å². The lowest BCUT2D eigenvalue weighted by molar-refractivity contribution is -0.0413. The van der Waals surface area contributed by atoms with Crippen molar-refractivity contribution in [3.05, 3.63) is 32.6 Å². The SMILES string of the molecule is CCCOCC.CCOP(=O)(OC)OC.Cc1cn(C2CC(O)C(CO[P+](=O)O)O2)c(=O)[nH]c1=O. The van der Waals surface area contributed by atoms with Gasteiger partial charge in [-0.1, -0.05) is 6.92 Å². The molecule has 2 heterocycles. The Kier molecular flexibility index (Phi) is 17.3. The van der Waals surface area contributed by atoms with Gasteiger partial charge < -0.3 is 14.6 Å². The maximum absolute atomic E-state index is 11.7. The summed E-state index contributed by atoms with van der Waals surface area (Å²) in [6, 6.07) is 0. The first kappa shape index (κ1) is 33.7. The number of nitrogens with zero attached hydrogens (tertiary/aromatic N) is 1. The molecule has 0 aliphatic carbocycles. The number of H-pyrrole nitrogens is 1. The summed E-state index contributed by atoms with van der Waals surface area (Å²) in [6.45, 7) is 9.19. The number of hydrogen-bond acceptors (Lipinski definition) is 11. The smallest absolute Gasteiger partial charge is 0.390 e. The number of phosphoric ester groups is 1. The highest BCUT2D eigenvalue weighted by Crippen LogP contribution is 2.47. The molecule has 14 nitrogen and oxygen atoms in total. The molecule has 2 rings (SSSR count). The zero-order valence-electron chi connectivity index (χ0n) is 20.9. The van der Waals surface area contributed by atoms with Crippen LogP contribution in [0, 0.1) is 6.92 Å². The second-order valence-electron chi connectivity index (χ2n) is 6.87. The van der Waals surface area contributed by atoms with E-state index in [1.54, 1.807) is 6.92 Å². The van der Waals surface area contributed by atoms with Crippen LogP contribution in [-0.4, -0.2) is 72.4 Å². The van der Waals surface area contributed by atoms with E-state index in [1.807, 2.05) is 6.92 Å². The van der Waals surface area contributed by atoms with Crippen molar-refractivity contribution in [3.8, 4) is 0 Å². The molecule has 0 bridgehead atoms. The van der Waals surface area contributed by atoms with Crippen LogP contribution < -0.4 is 11.2 Å². The van der Waals surface area contributed by atoms with Gasteiger partial charge in [0.15, 0.2) is 0 Å². The first-order valence-corrected chi connectivity index (χ1v) is 13.5. The number of hydrogen-bond donors (Lipinski definition) is 3. The molecule has 16 heteroatoms. The molecular formula is C19H37N2O12P2+. The fourth-order valence-electron chi connectivity index (χ4n) is 2.60. The predicted molar refractivity (Wildman–Crippen MR) is 126 cm³/mol. The third kappa shape index (κ3) is 13.0. The molecule has 0 aromatic carbocycles. The minimum atomic E-state index is -3.18. The van der Waals surface area contributed by atoms with Crippen molar-refractivity contribution in [3.63, 3.8) is 0 Å². The monoisotopic (exact) mass is 547 g/mol. The van der Waals surface area contributed by atoms with Gasteiger partial charge in [0.05, 0.1) is 12.7 Å². The Morgan fingerprint density at radius 2 is 1.86 bits per heavy atom. The number of aliphatic hydroxyl groups excluding tert-OH is 1. The number of aromatic nitrogens is 2. The topological polar surface area (TPSA) is 185 Å². The zero-order valence-corrected chi connectivity index (χ0v) is 22.7. The summed E-state index contributed by atoms with van der Waals surface area (Å²) in [5.74, 6) is 0. The normalized spacial score (nSPS) is 19.9. The number of phosphoric acid groups is 1. The van der Waals surface area contributed by atoms with Gasteiger partial charge in [0.1, 0.15) is 18.9 Å².